The highest BCUT2D eigenvalue weighted by molar-refractivity contribution is 5.79. The number of H-pyrrole nitrogens is 1. The molecule has 4 aromatic rings. The first-order valence-electron chi connectivity index (χ1n) is 10.4. The number of ether oxygens (including phenoxy) is 1. The summed E-state index contributed by atoms with van der Waals surface area (Å²) in [5.41, 5.74) is 2.73. The van der Waals surface area contributed by atoms with E-state index < -0.39 is 0 Å². The number of aromatic nitrogens is 5. The Morgan fingerprint density at radius 1 is 1.19 bits per heavy atom. The molecule has 1 aromatic carbocycles. The number of quaternary nitrogens is 1. The molecule has 0 aliphatic carbocycles. The highest BCUT2D eigenvalue weighted by Gasteiger charge is 2.20. The number of benzene rings is 1. The Bertz CT molecular complexity index is 1180. The van der Waals surface area contributed by atoms with Gasteiger partial charge < -0.3 is 19.0 Å². The Morgan fingerprint density at radius 3 is 2.87 bits per heavy atom. The van der Waals surface area contributed by atoms with Crippen LogP contribution in [0.5, 0.6) is 0 Å². The molecule has 9 nitrogen and oxygen atoms in total. The van der Waals surface area contributed by atoms with E-state index >= 15 is 0 Å². The summed E-state index contributed by atoms with van der Waals surface area (Å²) in [6, 6.07) is 11.9. The van der Waals surface area contributed by atoms with Crippen molar-refractivity contribution in [2.75, 3.05) is 13.7 Å². The van der Waals surface area contributed by atoms with Gasteiger partial charge in [0.15, 0.2) is 5.76 Å². The van der Waals surface area contributed by atoms with Crippen molar-refractivity contribution in [3.8, 4) is 0 Å². The maximum atomic E-state index is 12.8. The lowest BCUT2D eigenvalue weighted by Crippen LogP contribution is -3.08. The lowest BCUT2D eigenvalue weighted by molar-refractivity contribution is -0.942. The molecular weight excluding hydrogens is 396 g/mol. The molecule has 0 aliphatic rings. The van der Waals surface area contributed by atoms with Gasteiger partial charge in [0.05, 0.1) is 25.0 Å². The number of nitrogens with one attached hydrogen (secondary N) is 2. The van der Waals surface area contributed by atoms with Crippen LogP contribution in [0.4, 0.5) is 0 Å². The van der Waals surface area contributed by atoms with E-state index in [0.29, 0.717) is 32.8 Å². The van der Waals surface area contributed by atoms with Gasteiger partial charge in [-0.25, -0.2) is 4.68 Å². The molecule has 0 bridgehead atoms. The molecule has 0 aliphatic heterocycles. The maximum Gasteiger partial charge on any atom is 0.257 e. The average molecular weight is 423 g/mol. The third-order valence-electron chi connectivity index (χ3n) is 5.36. The molecule has 1 atom stereocenters. The first kappa shape index (κ1) is 21.0. The minimum Gasteiger partial charge on any atom is -0.463 e. The number of tetrazole rings is 1. The predicted octanol–water partition coefficient (Wildman–Crippen LogP) is 1.10. The Balaban J connectivity index is 1.62. The van der Waals surface area contributed by atoms with Crippen molar-refractivity contribution >= 4 is 10.9 Å². The minimum atomic E-state index is -0.0762. The van der Waals surface area contributed by atoms with Crippen molar-refractivity contribution in [2.45, 2.75) is 39.5 Å². The summed E-state index contributed by atoms with van der Waals surface area (Å²) >= 11 is 0. The number of aromatic amines is 1. The molecule has 3 aromatic heterocycles. The highest BCUT2D eigenvalue weighted by atomic mass is 16.5. The summed E-state index contributed by atoms with van der Waals surface area (Å²) in [7, 11) is 1.65. The van der Waals surface area contributed by atoms with E-state index in [1.54, 1.807) is 18.1 Å². The van der Waals surface area contributed by atoms with E-state index in [0.717, 1.165) is 39.4 Å². The monoisotopic (exact) mass is 423 g/mol. The Labute approximate surface area is 179 Å². The normalized spacial score (nSPS) is 12.5. The van der Waals surface area contributed by atoms with Crippen molar-refractivity contribution < 1.29 is 14.1 Å². The summed E-state index contributed by atoms with van der Waals surface area (Å²) in [6.07, 6.45) is 2.61. The van der Waals surface area contributed by atoms with Crippen LogP contribution in [0.1, 0.15) is 29.6 Å². The third kappa shape index (κ3) is 5.07. The van der Waals surface area contributed by atoms with E-state index in [1.807, 2.05) is 30.3 Å². The number of methoxy groups -OCH3 is 1. The van der Waals surface area contributed by atoms with E-state index in [1.165, 1.54) is 5.56 Å². The van der Waals surface area contributed by atoms with Crippen LogP contribution in [0.15, 0.2) is 51.9 Å². The van der Waals surface area contributed by atoms with Crippen LogP contribution in [0.25, 0.3) is 10.9 Å². The number of nitrogens with zero attached hydrogens (tertiary/aromatic N) is 4. The van der Waals surface area contributed by atoms with E-state index in [4.69, 9.17) is 9.15 Å². The van der Waals surface area contributed by atoms with Gasteiger partial charge in [-0.2, -0.15) is 0 Å². The minimum absolute atomic E-state index is 0.0762. The molecule has 0 spiro atoms. The Morgan fingerprint density at radius 2 is 2.10 bits per heavy atom. The molecule has 0 amide bonds. The molecule has 162 valence electrons. The van der Waals surface area contributed by atoms with Crippen LogP contribution in [-0.2, 0) is 37.3 Å². The van der Waals surface area contributed by atoms with Gasteiger partial charge in [-0.15, -0.1) is 5.10 Å². The average Bonchev–Trinajstić information content (AvgIpc) is 3.44. The van der Waals surface area contributed by atoms with Gasteiger partial charge in [0.25, 0.3) is 5.56 Å². The molecule has 9 heteroatoms. The molecule has 1 unspecified atom stereocenters. The Kier molecular flexibility index (Phi) is 6.54. The SMILES string of the molecule is CCc1ccc2[nH]c(=O)c(C[NH+](Cc3ccco3)Cc3nnnn3CCOC)cc2c1. The maximum absolute atomic E-state index is 12.8. The van der Waals surface area contributed by atoms with Gasteiger partial charge in [0.2, 0.25) is 5.82 Å². The topological polar surface area (TPSA) is 103 Å². The number of pyridine rings is 1. The smallest absolute Gasteiger partial charge is 0.257 e. The fourth-order valence-corrected chi connectivity index (χ4v) is 3.69. The van der Waals surface area contributed by atoms with Gasteiger partial charge in [-0.3, -0.25) is 4.79 Å². The fourth-order valence-electron chi connectivity index (χ4n) is 3.69. The zero-order valence-corrected chi connectivity index (χ0v) is 17.8. The second-order valence-electron chi connectivity index (χ2n) is 7.57. The van der Waals surface area contributed by atoms with Gasteiger partial charge in [0, 0.05) is 12.6 Å². The van der Waals surface area contributed by atoms with Crippen LogP contribution >= 0.6 is 0 Å². The number of furan rings is 1. The summed E-state index contributed by atoms with van der Waals surface area (Å²) in [5, 5.41) is 13.1. The second kappa shape index (κ2) is 9.67. The largest absolute Gasteiger partial charge is 0.463 e. The summed E-state index contributed by atoms with van der Waals surface area (Å²) < 4.78 is 12.4. The first-order chi connectivity index (χ1) is 15.2. The predicted molar refractivity (Wildman–Crippen MR) is 114 cm³/mol. The van der Waals surface area contributed by atoms with E-state index in [-0.39, 0.29) is 5.56 Å². The van der Waals surface area contributed by atoms with Crippen LogP contribution in [-0.4, -0.2) is 38.9 Å². The number of aryl methyl sites for hydroxylation is 1. The quantitative estimate of drug-likeness (QED) is 0.396. The molecule has 4 rings (SSSR count). The molecular formula is C22H27N6O3+. The van der Waals surface area contributed by atoms with Gasteiger partial charge >= 0.3 is 0 Å². The molecule has 3 heterocycles. The molecule has 0 fully saturated rings. The molecule has 31 heavy (non-hydrogen) atoms. The van der Waals surface area contributed by atoms with Crippen molar-refractivity contribution in [1.29, 1.82) is 0 Å². The zero-order chi connectivity index (χ0) is 21.6. The zero-order valence-electron chi connectivity index (χ0n) is 17.8. The standard InChI is InChI=1S/C22H26N6O3/c1-3-16-6-7-20-17(11-16)12-18(22(29)23-20)13-27(14-19-5-4-9-31-19)15-21-24-25-26-28(21)8-10-30-2/h4-7,9,11-12H,3,8,10,13-15H2,1-2H3,(H,23,29)/p+1. The van der Waals surface area contributed by atoms with Crippen molar-refractivity contribution in [1.82, 2.24) is 25.2 Å². The highest BCUT2D eigenvalue weighted by Crippen LogP contribution is 2.14. The molecule has 0 saturated heterocycles. The third-order valence-corrected chi connectivity index (χ3v) is 5.36. The van der Waals surface area contributed by atoms with E-state index in [2.05, 4.69) is 33.5 Å². The van der Waals surface area contributed by atoms with Crippen molar-refractivity contribution in [2.24, 2.45) is 0 Å². The number of fused-ring (bicyclic) bond motifs is 1. The van der Waals surface area contributed by atoms with Gasteiger partial charge in [0.1, 0.15) is 19.6 Å². The van der Waals surface area contributed by atoms with Crippen molar-refractivity contribution in [3.05, 3.63) is 75.7 Å². The molecule has 0 radical (unpaired) electrons. The first-order valence-corrected chi connectivity index (χ1v) is 10.4. The number of hydrogen-bond acceptors (Lipinski definition) is 6. The van der Waals surface area contributed by atoms with E-state index in [9.17, 15) is 4.79 Å². The van der Waals surface area contributed by atoms with Crippen LogP contribution in [0.2, 0.25) is 0 Å². The molecule has 2 N–H and O–H groups in total. The summed E-state index contributed by atoms with van der Waals surface area (Å²) in [6.45, 7) is 4.88. The lowest BCUT2D eigenvalue weighted by atomic mass is 10.1. The molecule has 0 saturated carbocycles. The summed E-state index contributed by atoms with van der Waals surface area (Å²) in [5.74, 6) is 1.58. The van der Waals surface area contributed by atoms with Gasteiger partial charge in [-0.1, -0.05) is 13.0 Å². The summed E-state index contributed by atoms with van der Waals surface area (Å²) in [4.78, 5) is 16.9. The number of rotatable bonds is 10. The Hall–Kier alpha value is -3.30. The van der Waals surface area contributed by atoms with Crippen LogP contribution in [0.3, 0.4) is 0 Å². The lowest BCUT2D eigenvalue weighted by Gasteiger charge is -2.18. The van der Waals surface area contributed by atoms with Crippen molar-refractivity contribution in [3.63, 3.8) is 0 Å². The number of hydrogen-bond donors (Lipinski definition) is 2. The van der Waals surface area contributed by atoms with Crippen LogP contribution < -0.4 is 10.5 Å². The fraction of sp³-hybridized carbons (Fsp3) is 0.364. The van der Waals surface area contributed by atoms with Crippen LogP contribution in [0, 0.1) is 0 Å². The second-order valence-corrected chi connectivity index (χ2v) is 7.57. The van der Waals surface area contributed by atoms with Gasteiger partial charge in [-0.05, 0) is 58.1 Å².